The molecule has 4 heteroatoms. The lowest BCUT2D eigenvalue weighted by atomic mass is 10.1. The van der Waals surface area contributed by atoms with Crippen LogP contribution in [0.25, 0.3) is 0 Å². The average molecular weight is 217 g/mol. The van der Waals surface area contributed by atoms with Crippen molar-refractivity contribution in [3.05, 3.63) is 29.3 Å². The van der Waals surface area contributed by atoms with Crippen molar-refractivity contribution in [2.45, 2.75) is 12.6 Å². The first-order chi connectivity index (χ1) is 7.72. The van der Waals surface area contributed by atoms with Gasteiger partial charge in [-0.25, -0.2) is 0 Å². The van der Waals surface area contributed by atoms with Crippen LogP contribution in [0.4, 0.5) is 0 Å². The van der Waals surface area contributed by atoms with Gasteiger partial charge in [0.1, 0.15) is 11.8 Å². The van der Waals surface area contributed by atoms with Gasteiger partial charge >= 0.3 is 0 Å². The van der Waals surface area contributed by atoms with E-state index in [2.05, 4.69) is 11.0 Å². The van der Waals surface area contributed by atoms with E-state index in [-0.39, 0.29) is 0 Å². The molecular weight excluding hydrogens is 202 g/mol. The third-order valence-corrected chi connectivity index (χ3v) is 2.78. The Morgan fingerprint density at radius 1 is 1.56 bits per heavy atom. The minimum atomic E-state index is 0.320. The molecule has 0 spiro atoms. The first-order valence-corrected chi connectivity index (χ1v) is 5.28. The van der Waals surface area contributed by atoms with Gasteiger partial charge in [0.15, 0.2) is 0 Å². The molecule has 16 heavy (non-hydrogen) atoms. The van der Waals surface area contributed by atoms with Crippen molar-refractivity contribution in [3.63, 3.8) is 0 Å². The summed E-state index contributed by atoms with van der Waals surface area (Å²) < 4.78 is 5.17. The van der Waals surface area contributed by atoms with E-state index in [0.29, 0.717) is 17.4 Å². The minimum absolute atomic E-state index is 0.320. The summed E-state index contributed by atoms with van der Waals surface area (Å²) in [6, 6.07) is 8.10. The van der Waals surface area contributed by atoms with Gasteiger partial charge in [-0.05, 0) is 17.7 Å². The lowest BCUT2D eigenvalue weighted by molar-refractivity contribution is 0.142. The van der Waals surface area contributed by atoms with Crippen LogP contribution in [0.1, 0.15) is 11.1 Å². The predicted octanol–water partition coefficient (Wildman–Crippen LogP) is 0.710. The van der Waals surface area contributed by atoms with Crippen molar-refractivity contribution in [1.82, 2.24) is 4.90 Å². The zero-order chi connectivity index (χ0) is 11.5. The van der Waals surface area contributed by atoms with Gasteiger partial charge in [-0.15, -0.1) is 0 Å². The Hall–Kier alpha value is -1.57. The van der Waals surface area contributed by atoms with Gasteiger partial charge in [0.05, 0.1) is 12.7 Å². The topological polar surface area (TPSA) is 62.3 Å². The summed E-state index contributed by atoms with van der Waals surface area (Å²) in [4.78, 5) is 2.27. The van der Waals surface area contributed by atoms with E-state index in [1.54, 1.807) is 13.2 Å². The molecular formula is C12H15N3O. The van der Waals surface area contributed by atoms with Crippen LogP contribution in [0, 0.1) is 11.3 Å². The molecule has 1 fully saturated rings. The zero-order valence-corrected chi connectivity index (χ0v) is 9.31. The number of likely N-dealkylation sites (tertiary alicyclic amines) is 1. The molecule has 2 N–H and O–H groups in total. The summed E-state index contributed by atoms with van der Waals surface area (Å²) in [7, 11) is 1.58. The molecule has 84 valence electrons. The van der Waals surface area contributed by atoms with Crippen LogP contribution in [-0.2, 0) is 6.54 Å². The molecule has 1 heterocycles. The van der Waals surface area contributed by atoms with Crippen LogP contribution in [0.5, 0.6) is 5.75 Å². The Kier molecular flexibility index (Phi) is 3.09. The molecule has 0 atom stereocenters. The number of hydrogen-bond donors (Lipinski definition) is 1. The maximum absolute atomic E-state index is 8.86. The van der Waals surface area contributed by atoms with Gasteiger partial charge in [-0.3, -0.25) is 4.90 Å². The quantitative estimate of drug-likeness (QED) is 0.810. The molecule has 0 saturated carbocycles. The Morgan fingerprint density at radius 3 is 2.88 bits per heavy atom. The van der Waals surface area contributed by atoms with Gasteiger partial charge in [-0.2, -0.15) is 5.26 Å². The number of benzene rings is 1. The number of nitrogens with two attached hydrogens (primary N) is 1. The highest BCUT2D eigenvalue weighted by Crippen LogP contribution is 2.21. The van der Waals surface area contributed by atoms with Crippen molar-refractivity contribution in [3.8, 4) is 11.8 Å². The minimum Gasteiger partial charge on any atom is -0.495 e. The van der Waals surface area contributed by atoms with Crippen molar-refractivity contribution in [2.75, 3.05) is 20.2 Å². The normalized spacial score (nSPS) is 16.6. The van der Waals surface area contributed by atoms with Crippen molar-refractivity contribution in [2.24, 2.45) is 5.73 Å². The Bertz CT molecular complexity index is 419. The van der Waals surface area contributed by atoms with Crippen LogP contribution in [0.15, 0.2) is 18.2 Å². The van der Waals surface area contributed by atoms with E-state index in [0.717, 1.165) is 25.2 Å². The summed E-state index contributed by atoms with van der Waals surface area (Å²) in [5.41, 5.74) is 7.45. The van der Waals surface area contributed by atoms with E-state index in [4.69, 9.17) is 15.7 Å². The number of hydrogen-bond acceptors (Lipinski definition) is 4. The highest BCUT2D eigenvalue weighted by molar-refractivity contribution is 5.45. The molecule has 1 aliphatic heterocycles. The predicted molar refractivity (Wildman–Crippen MR) is 61.0 cm³/mol. The van der Waals surface area contributed by atoms with Gasteiger partial charge in [0, 0.05) is 25.7 Å². The van der Waals surface area contributed by atoms with Gasteiger partial charge in [-0.1, -0.05) is 6.07 Å². The lowest BCUT2D eigenvalue weighted by Gasteiger charge is -2.36. The molecule has 0 amide bonds. The molecule has 2 rings (SSSR count). The zero-order valence-electron chi connectivity index (χ0n) is 9.31. The fraction of sp³-hybridized carbons (Fsp3) is 0.417. The second-order valence-electron chi connectivity index (χ2n) is 4.10. The summed E-state index contributed by atoms with van der Waals surface area (Å²) >= 11 is 0. The molecule has 0 unspecified atom stereocenters. The van der Waals surface area contributed by atoms with Crippen molar-refractivity contribution < 1.29 is 4.74 Å². The molecule has 0 bridgehead atoms. The second-order valence-corrected chi connectivity index (χ2v) is 4.10. The standard InChI is InChI=1S/C12H15N3O/c1-16-12-4-9(2-3-10(12)5-13)6-15-7-11(14)8-15/h2-4,11H,6-8,14H2,1H3. The highest BCUT2D eigenvalue weighted by atomic mass is 16.5. The van der Waals surface area contributed by atoms with Crippen LogP contribution in [-0.4, -0.2) is 31.1 Å². The van der Waals surface area contributed by atoms with Crippen LogP contribution in [0.3, 0.4) is 0 Å². The van der Waals surface area contributed by atoms with Gasteiger partial charge < -0.3 is 10.5 Å². The summed E-state index contributed by atoms with van der Waals surface area (Å²) in [6.45, 7) is 2.76. The number of methoxy groups -OCH3 is 1. The fourth-order valence-corrected chi connectivity index (χ4v) is 1.92. The molecule has 0 radical (unpaired) electrons. The maximum atomic E-state index is 8.86. The summed E-state index contributed by atoms with van der Waals surface area (Å²) in [6.07, 6.45) is 0. The molecule has 0 aromatic heterocycles. The summed E-state index contributed by atoms with van der Waals surface area (Å²) in [5, 5.41) is 8.86. The second kappa shape index (κ2) is 4.52. The van der Waals surface area contributed by atoms with E-state index in [1.165, 1.54) is 0 Å². The Balaban J connectivity index is 2.08. The molecule has 1 aliphatic rings. The Labute approximate surface area is 95.2 Å². The lowest BCUT2D eigenvalue weighted by Crippen LogP contribution is -2.54. The first kappa shape index (κ1) is 10.9. The molecule has 1 aromatic carbocycles. The van der Waals surface area contributed by atoms with E-state index in [9.17, 15) is 0 Å². The van der Waals surface area contributed by atoms with E-state index in [1.807, 2.05) is 12.1 Å². The average Bonchev–Trinajstić information content (AvgIpc) is 2.27. The smallest absolute Gasteiger partial charge is 0.136 e. The highest BCUT2D eigenvalue weighted by Gasteiger charge is 2.22. The largest absolute Gasteiger partial charge is 0.495 e. The number of ether oxygens (including phenoxy) is 1. The van der Waals surface area contributed by atoms with E-state index < -0.39 is 0 Å². The van der Waals surface area contributed by atoms with Crippen LogP contribution >= 0.6 is 0 Å². The number of nitrogens with zero attached hydrogens (tertiary/aromatic N) is 2. The monoisotopic (exact) mass is 217 g/mol. The SMILES string of the molecule is COc1cc(CN2CC(N)C2)ccc1C#N. The Morgan fingerprint density at radius 2 is 2.31 bits per heavy atom. The van der Waals surface area contributed by atoms with Crippen molar-refractivity contribution >= 4 is 0 Å². The molecule has 0 aliphatic carbocycles. The maximum Gasteiger partial charge on any atom is 0.136 e. The first-order valence-electron chi connectivity index (χ1n) is 5.28. The fourth-order valence-electron chi connectivity index (χ4n) is 1.92. The molecule has 1 aromatic rings. The molecule has 1 saturated heterocycles. The van der Waals surface area contributed by atoms with E-state index >= 15 is 0 Å². The molecule has 4 nitrogen and oxygen atoms in total. The van der Waals surface area contributed by atoms with Crippen LogP contribution in [0.2, 0.25) is 0 Å². The summed E-state index contributed by atoms with van der Waals surface area (Å²) in [5.74, 6) is 0.643. The number of rotatable bonds is 3. The van der Waals surface area contributed by atoms with Crippen molar-refractivity contribution in [1.29, 1.82) is 5.26 Å². The van der Waals surface area contributed by atoms with Gasteiger partial charge in [0.2, 0.25) is 0 Å². The van der Waals surface area contributed by atoms with Crippen LogP contribution < -0.4 is 10.5 Å². The van der Waals surface area contributed by atoms with Gasteiger partial charge in [0.25, 0.3) is 0 Å². The number of nitriles is 1. The third-order valence-electron chi connectivity index (χ3n) is 2.78. The third kappa shape index (κ3) is 2.16.